The average molecular weight is 483 g/mol. The van der Waals surface area contributed by atoms with Crippen molar-refractivity contribution in [2.24, 2.45) is 0 Å². The topological polar surface area (TPSA) is 89.2 Å². The summed E-state index contributed by atoms with van der Waals surface area (Å²) in [4.78, 5) is 20.2. The summed E-state index contributed by atoms with van der Waals surface area (Å²) in [6, 6.07) is 20.5. The number of hydrogen-bond donors (Lipinski definition) is 2. The van der Waals surface area contributed by atoms with Gasteiger partial charge in [0.05, 0.1) is 29.1 Å². The van der Waals surface area contributed by atoms with Crippen molar-refractivity contribution in [2.75, 3.05) is 13.1 Å². The fourth-order valence-corrected chi connectivity index (χ4v) is 5.90. The van der Waals surface area contributed by atoms with Crippen molar-refractivity contribution >= 4 is 16.8 Å². The van der Waals surface area contributed by atoms with Crippen LogP contribution in [0.4, 0.5) is 0 Å². The minimum atomic E-state index is -0.496. The molecule has 5 rings (SSSR count). The SMILES string of the molecule is Cc1ccccc1C1(C#N)CCN(Cc2cc(C(=O)N[C@H]3CCCC[C@@H]3O)nc3ccccc23)CC1. The molecule has 1 amide bonds. The number of carbonyl (C=O) groups excluding carboxylic acids is 1. The van der Waals surface area contributed by atoms with E-state index in [1.165, 1.54) is 5.56 Å². The van der Waals surface area contributed by atoms with E-state index in [1.807, 2.05) is 36.4 Å². The molecule has 36 heavy (non-hydrogen) atoms. The second-order valence-corrected chi connectivity index (χ2v) is 10.4. The van der Waals surface area contributed by atoms with E-state index in [0.717, 1.165) is 73.6 Å². The van der Waals surface area contributed by atoms with Crippen LogP contribution in [0.3, 0.4) is 0 Å². The number of pyridine rings is 1. The molecule has 6 heteroatoms. The van der Waals surface area contributed by atoms with E-state index in [0.29, 0.717) is 12.2 Å². The largest absolute Gasteiger partial charge is 0.391 e. The van der Waals surface area contributed by atoms with Crippen LogP contribution in [0.15, 0.2) is 54.6 Å². The highest BCUT2D eigenvalue weighted by Crippen LogP contribution is 2.37. The molecule has 0 unspecified atom stereocenters. The van der Waals surface area contributed by atoms with E-state index in [-0.39, 0.29) is 11.9 Å². The summed E-state index contributed by atoms with van der Waals surface area (Å²) in [7, 11) is 0. The molecular weight excluding hydrogens is 448 g/mol. The Balaban J connectivity index is 1.35. The molecule has 1 saturated heterocycles. The van der Waals surface area contributed by atoms with Crippen LogP contribution in [-0.2, 0) is 12.0 Å². The van der Waals surface area contributed by atoms with E-state index in [2.05, 4.69) is 46.4 Å². The summed E-state index contributed by atoms with van der Waals surface area (Å²) in [6.45, 7) is 4.41. The van der Waals surface area contributed by atoms with Gasteiger partial charge in [-0.3, -0.25) is 9.69 Å². The molecule has 2 atom stereocenters. The maximum atomic E-state index is 13.1. The van der Waals surface area contributed by atoms with Crippen molar-refractivity contribution < 1.29 is 9.90 Å². The van der Waals surface area contributed by atoms with Gasteiger partial charge in [0.2, 0.25) is 0 Å². The van der Waals surface area contributed by atoms with Gasteiger partial charge in [0.25, 0.3) is 5.91 Å². The Kier molecular flexibility index (Phi) is 7.04. The molecule has 1 aliphatic heterocycles. The Morgan fingerprint density at radius 1 is 1.14 bits per heavy atom. The summed E-state index contributed by atoms with van der Waals surface area (Å²) < 4.78 is 0. The minimum absolute atomic E-state index is 0.217. The number of aliphatic hydroxyl groups excluding tert-OH is 1. The number of nitrogens with zero attached hydrogens (tertiary/aromatic N) is 3. The Morgan fingerprint density at radius 3 is 2.61 bits per heavy atom. The number of benzene rings is 2. The van der Waals surface area contributed by atoms with E-state index in [1.54, 1.807) is 0 Å². The molecule has 2 aromatic carbocycles. The molecule has 2 heterocycles. The fraction of sp³-hybridized carbons (Fsp3) is 0.433. The number of aromatic nitrogens is 1. The van der Waals surface area contributed by atoms with E-state index in [9.17, 15) is 15.2 Å². The summed E-state index contributed by atoms with van der Waals surface area (Å²) in [5.74, 6) is -0.227. The maximum Gasteiger partial charge on any atom is 0.270 e. The lowest BCUT2D eigenvalue weighted by Gasteiger charge is -2.38. The molecule has 3 aromatic rings. The lowest BCUT2D eigenvalue weighted by molar-refractivity contribution is 0.0714. The van der Waals surface area contributed by atoms with Crippen molar-refractivity contribution in [1.82, 2.24) is 15.2 Å². The number of piperidine rings is 1. The summed E-state index contributed by atoms with van der Waals surface area (Å²) in [5, 5.41) is 24.5. The van der Waals surface area contributed by atoms with Crippen LogP contribution in [0.5, 0.6) is 0 Å². The maximum absolute atomic E-state index is 13.1. The van der Waals surface area contributed by atoms with Gasteiger partial charge in [-0.1, -0.05) is 55.3 Å². The molecule has 186 valence electrons. The third-order valence-corrected chi connectivity index (χ3v) is 8.06. The predicted octanol–water partition coefficient (Wildman–Crippen LogP) is 4.63. The first-order valence-electron chi connectivity index (χ1n) is 13.1. The highest BCUT2D eigenvalue weighted by molar-refractivity contribution is 5.96. The first-order chi connectivity index (χ1) is 17.5. The van der Waals surface area contributed by atoms with Crippen LogP contribution in [0.25, 0.3) is 10.9 Å². The fourth-order valence-electron chi connectivity index (χ4n) is 5.90. The highest BCUT2D eigenvalue weighted by Gasteiger charge is 2.37. The molecule has 6 nitrogen and oxygen atoms in total. The van der Waals surface area contributed by atoms with Crippen LogP contribution < -0.4 is 5.32 Å². The number of hydrogen-bond acceptors (Lipinski definition) is 5. The van der Waals surface area contributed by atoms with Crippen molar-refractivity contribution in [3.8, 4) is 6.07 Å². The molecule has 2 fully saturated rings. The number of aryl methyl sites for hydroxylation is 1. The molecule has 0 radical (unpaired) electrons. The third-order valence-electron chi connectivity index (χ3n) is 8.06. The Hall–Kier alpha value is -3.27. The van der Waals surface area contributed by atoms with Gasteiger partial charge in [0.1, 0.15) is 5.69 Å². The van der Waals surface area contributed by atoms with Gasteiger partial charge >= 0.3 is 0 Å². The lowest BCUT2D eigenvalue weighted by Crippen LogP contribution is -2.45. The van der Waals surface area contributed by atoms with Gasteiger partial charge < -0.3 is 10.4 Å². The Morgan fingerprint density at radius 2 is 1.86 bits per heavy atom. The number of carbonyl (C=O) groups is 1. The highest BCUT2D eigenvalue weighted by atomic mass is 16.3. The van der Waals surface area contributed by atoms with Crippen LogP contribution >= 0.6 is 0 Å². The zero-order valence-electron chi connectivity index (χ0n) is 20.9. The third kappa shape index (κ3) is 4.86. The van der Waals surface area contributed by atoms with Crippen molar-refractivity contribution in [2.45, 2.75) is 69.6 Å². The second kappa shape index (κ2) is 10.4. The number of fused-ring (bicyclic) bond motifs is 1. The number of para-hydroxylation sites is 1. The van der Waals surface area contributed by atoms with Gasteiger partial charge in [-0.05, 0) is 61.4 Å². The first kappa shape index (κ1) is 24.4. The number of nitriles is 1. The van der Waals surface area contributed by atoms with Crippen molar-refractivity contribution in [3.63, 3.8) is 0 Å². The summed E-state index contributed by atoms with van der Waals surface area (Å²) in [5.41, 5.74) is 4.12. The monoisotopic (exact) mass is 482 g/mol. The smallest absolute Gasteiger partial charge is 0.270 e. The second-order valence-electron chi connectivity index (χ2n) is 10.4. The van der Waals surface area contributed by atoms with Crippen LogP contribution in [-0.4, -0.2) is 46.1 Å². The summed E-state index contributed by atoms with van der Waals surface area (Å²) >= 11 is 0. The standard InChI is InChI=1S/C30H34N4O2/c1-21-8-2-4-10-24(21)30(20-31)14-16-34(17-15-30)19-22-18-27(32-25-11-5-3-9-23(22)25)29(36)33-26-12-6-7-13-28(26)35/h2-5,8-11,18,26,28,35H,6-7,12-17,19H2,1H3,(H,33,36)/t26-,28-/m0/s1. The van der Waals surface area contributed by atoms with Gasteiger partial charge in [-0.15, -0.1) is 0 Å². The van der Waals surface area contributed by atoms with Crippen LogP contribution in [0.1, 0.15) is 65.7 Å². The van der Waals surface area contributed by atoms with E-state index >= 15 is 0 Å². The van der Waals surface area contributed by atoms with Gasteiger partial charge in [0, 0.05) is 25.0 Å². The van der Waals surface area contributed by atoms with Gasteiger partial charge in [-0.2, -0.15) is 5.26 Å². The van der Waals surface area contributed by atoms with Gasteiger partial charge in [0.15, 0.2) is 0 Å². The van der Waals surface area contributed by atoms with Crippen molar-refractivity contribution in [1.29, 1.82) is 5.26 Å². The first-order valence-corrected chi connectivity index (χ1v) is 13.1. The molecule has 2 aliphatic rings. The quantitative estimate of drug-likeness (QED) is 0.553. The number of rotatable bonds is 5. The molecule has 1 saturated carbocycles. The van der Waals surface area contributed by atoms with Gasteiger partial charge in [-0.25, -0.2) is 4.98 Å². The number of amides is 1. The van der Waals surface area contributed by atoms with Crippen molar-refractivity contribution in [3.05, 3.63) is 77.0 Å². The molecule has 0 bridgehead atoms. The lowest BCUT2D eigenvalue weighted by atomic mass is 9.72. The zero-order valence-corrected chi connectivity index (χ0v) is 20.9. The molecule has 1 aliphatic carbocycles. The molecular formula is C30H34N4O2. The van der Waals surface area contributed by atoms with E-state index < -0.39 is 11.5 Å². The van der Waals surface area contributed by atoms with E-state index in [4.69, 9.17) is 0 Å². The zero-order chi connectivity index (χ0) is 25.1. The van der Waals surface area contributed by atoms with Crippen LogP contribution in [0.2, 0.25) is 0 Å². The Bertz CT molecular complexity index is 1290. The molecule has 0 spiro atoms. The van der Waals surface area contributed by atoms with Crippen LogP contribution in [0, 0.1) is 18.3 Å². The minimum Gasteiger partial charge on any atom is -0.391 e. The predicted molar refractivity (Wildman–Crippen MR) is 140 cm³/mol. The number of aliphatic hydroxyl groups is 1. The average Bonchev–Trinajstić information content (AvgIpc) is 2.91. The summed E-state index contributed by atoms with van der Waals surface area (Å²) in [6.07, 6.45) is 4.60. The molecule has 2 N–H and O–H groups in total. The number of likely N-dealkylation sites (tertiary alicyclic amines) is 1. The Labute approximate surface area is 213 Å². The molecule has 1 aromatic heterocycles. The normalized spacial score (nSPS) is 22.1. The number of nitrogens with one attached hydrogen (secondary N) is 1.